The number of carbonyl (C=O) groups excluding carboxylic acids is 11. The average molecular weight is 1420 g/mol. The summed E-state index contributed by atoms with van der Waals surface area (Å²) in [5, 5.41) is 115. The molecule has 3 aromatic carbocycles. The van der Waals surface area contributed by atoms with Crippen LogP contribution < -0.4 is 75.3 Å². The number of hydrogen-bond donors (Lipinski definition) is 24. The average Bonchev–Trinajstić information content (AvgIpc) is 1.42. The normalized spacial score (nSPS) is 14.1. The molecule has 39 nitrogen and oxygen atoms in total. The lowest BCUT2D eigenvalue weighted by Gasteiger charge is -2.27. The first-order valence-electron chi connectivity index (χ1n) is 31.1. The van der Waals surface area contributed by atoms with Crippen molar-refractivity contribution in [2.24, 2.45) is 11.5 Å². The highest BCUT2D eigenvalue weighted by Gasteiger charge is 2.36. The number of carboxylic acids is 3. The van der Waals surface area contributed by atoms with E-state index in [1.54, 1.807) is 30.3 Å². The molecule has 1 heterocycles. The number of carbonyl (C=O) groups is 14. The molecule has 0 spiro atoms. The van der Waals surface area contributed by atoms with E-state index in [0.29, 0.717) is 16.8 Å². The SMILES string of the molecule is C[C@@H](O)[C@H](NC(=O)[C@H](CO)NC(=O)[C@H](Cc1ccc(O)cc1)NC(=O)[C@H](CO)NC(=O)CNC(=O)[C@H](CC(=O)O)NC(=O)[C@H](Cc1ccc(O)cc1)NC(=O)[C@@H](N)Cc1cnc[nH]1)C(=O)N[C@@H](Cc1ccccc1)C(=O)NCC(=O)N[C@@H](CCC(=O)O)C(=O)N[C@@H](CCCNC(=N)N)C(=O)O. The van der Waals surface area contributed by atoms with Crippen molar-refractivity contribution in [1.82, 2.24) is 73.8 Å². The number of aliphatic carboxylic acids is 3. The van der Waals surface area contributed by atoms with Gasteiger partial charge in [-0.1, -0.05) is 54.6 Å². The largest absolute Gasteiger partial charge is 0.508 e. The topological polar surface area (TPSA) is 650 Å². The fourth-order valence-corrected chi connectivity index (χ4v) is 9.39. The third-order valence-electron chi connectivity index (χ3n) is 14.7. The number of imidazole rings is 1. The van der Waals surface area contributed by atoms with Crippen LogP contribution in [-0.2, 0) is 92.8 Å². The van der Waals surface area contributed by atoms with Crippen LogP contribution in [0.15, 0.2) is 91.4 Å². The smallest absolute Gasteiger partial charge is 0.326 e. The van der Waals surface area contributed by atoms with E-state index in [-0.39, 0.29) is 61.7 Å². The number of aliphatic hydroxyl groups excluding tert-OH is 3. The maximum atomic E-state index is 14.1. The predicted molar refractivity (Wildman–Crippen MR) is 349 cm³/mol. The molecule has 0 unspecified atom stereocenters. The number of nitrogens with one attached hydrogen (secondary N) is 14. The van der Waals surface area contributed by atoms with Gasteiger partial charge in [0.25, 0.3) is 0 Å². The molecule has 11 atom stereocenters. The van der Waals surface area contributed by atoms with E-state index >= 15 is 0 Å². The number of aliphatic hydroxyl groups is 3. The van der Waals surface area contributed by atoms with Crippen LogP contribution in [0.1, 0.15) is 61.4 Å². The van der Waals surface area contributed by atoms with Gasteiger partial charge in [-0.25, -0.2) is 9.78 Å². The van der Waals surface area contributed by atoms with Crippen LogP contribution >= 0.6 is 0 Å². The molecule has 0 fully saturated rings. The molecule has 4 rings (SSSR count). The lowest BCUT2D eigenvalue weighted by molar-refractivity contribution is -0.143. The Bertz CT molecular complexity index is 3510. The van der Waals surface area contributed by atoms with E-state index in [2.05, 4.69) is 73.8 Å². The molecule has 4 aromatic rings. The molecule has 1 aromatic heterocycles. The number of rotatable bonds is 43. The molecule has 0 aliphatic heterocycles. The molecular formula is C62H83N17O22. The second-order valence-corrected chi connectivity index (χ2v) is 22.8. The first-order valence-corrected chi connectivity index (χ1v) is 31.1. The highest BCUT2D eigenvalue weighted by atomic mass is 16.4. The van der Waals surface area contributed by atoms with Crippen molar-refractivity contribution in [1.29, 1.82) is 5.41 Å². The van der Waals surface area contributed by atoms with Crippen LogP contribution in [0.25, 0.3) is 0 Å². The van der Waals surface area contributed by atoms with Crippen molar-refractivity contribution in [2.45, 2.75) is 131 Å². The lowest BCUT2D eigenvalue weighted by atomic mass is 10.0. The second-order valence-electron chi connectivity index (χ2n) is 22.8. The van der Waals surface area contributed by atoms with Gasteiger partial charge in [0, 0.05) is 50.5 Å². The van der Waals surface area contributed by atoms with Crippen LogP contribution in [0.3, 0.4) is 0 Å². The fourth-order valence-electron chi connectivity index (χ4n) is 9.39. The molecule has 548 valence electrons. The van der Waals surface area contributed by atoms with E-state index in [0.717, 1.165) is 6.92 Å². The minimum absolute atomic E-state index is 0.0424. The predicted octanol–water partition coefficient (Wildman–Crippen LogP) is -7.93. The van der Waals surface area contributed by atoms with Crippen molar-refractivity contribution in [2.75, 3.05) is 32.8 Å². The van der Waals surface area contributed by atoms with Crippen LogP contribution in [0.4, 0.5) is 0 Å². The van der Waals surface area contributed by atoms with Gasteiger partial charge in [-0.05, 0) is 67.1 Å². The van der Waals surface area contributed by atoms with E-state index in [4.69, 9.17) is 16.9 Å². The quantitative estimate of drug-likeness (QED) is 0.0111. The number of hydrogen-bond acceptors (Lipinski definition) is 22. The van der Waals surface area contributed by atoms with Crippen molar-refractivity contribution < 1.29 is 108 Å². The van der Waals surface area contributed by atoms with Gasteiger partial charge in [-0.3, -0.25) is 67.7 Å². The molecule has 0 aliphatic carbocycles. The number of aromatic hydroxyl groups is 2. The lowest BCUT2D eigenvalue weighted by Crippen LogP contribution is -2.62. The van der Waals surface area contributed by atoms with Gasteiger partial charge in [-0.15, -0.1) is 0 Å². The Labute approximate surface area is 575 Å². The summed E-state index contributed by atoms with van der Waals surface area (Å²) in [5.74, 6) is -17.9. The van der Waals surface area contributed by atoms with Crippen LogP contribution in [0.2, 0.25) is 0 Å². The van der Waals surface area contributed by atoms with Crippen molar-refractivity contribution in [3.05, 3.63) is 114 Å². The van der Waals surface area contributed by atoms with Gasteiger partial charge in [0.2, 0.25) is 65.0 Å². The van der Waals surface area contributed by atoms with Crippen LogP contribution in [0, 0.1) is 5.41 Å². The van der Waals surface area contributed by atoms with E-state index in [9.17, 15) is 108 Å². The fraction of sp³-hybridized carbons (Fsp3) is 0.419. The first kappa shape index (κ1) is 81.6. The summed E-state index contributed by atoms with van der Waals surface area (Å²) in [6.45, 7) is -3.23. The molecule has 11 amide bonds. The zero-order valence-electron chi connectivity index (χ0n) is 54.3. The minimum atomic E-state index is -2.00. The van der Waals surface area contributed by atoms with Gasteiger partial charge in [-0.2, -0.15) is 0 Å². The minimum Gasteiger partial charge on any atom is -0.508 e. The Morgan fingerprint density at radius 1 is 0.495 bits per heavy atom. The molecule has 0 aliphatic rings. The summed E-state index contributed by atoms with van der Waals surface area (Å²) in [6, 6.07) is 1.32. The van der Waals surface area contributed by atoms with Gasteiger partial charge in [0.1, 0.15) is 65.9 Å². The Hall–Kier alpha value is -11.8. The van der Waals surface area contributed by atoms with Crippen LogP contribution in [0.5, 0.6) is 11.5 Å². The van der Waals surface area contributed by atoms with E-state index in [1.165, 1.54) is 61.1 Å². The summed E-state index contributed by atoms with van der Waals surface area (Å²) in [6.07, 6.45) is -2.44. The summed E-state index contributed by atoms with van der Waals surface area (Å²) in [4.78, 5) is 192. The highest BCUT2D eigenvalue weighted by Crippen LogP contribution is 2.15. The Kier molecular flexibility index (Phi) is 33.5. The standard InChI is InChI=1S/C62H83N17O22/c1-31(82)51(60(99)77-41(20-32-6-3-2-4-7-32)53(92)68-26-47(85)71-39(17-18-49(87)88)55(94)73-40(61(100)101)8-5-19-67-62(64)65)79-59(98)46(29-81)78-57(96)43(22-34-11-15-37(84)16-12-34)75-58(97)45(28-80)72-48(86)27-69-54(93)44(24-50(89)90)76-56(95)42(21-33-9-13-36(83)14-10-33)74-52(91)38(63)23-35-25-66-30-70-35/h2-4,6-7,9-16,25,30-31,38-46,51,80-84H,5,8,17-24,26-29,63H2,1H3,(H,66,70)(H,68,92)(H,69,93)(H,71,85)(H,72,86)(H,73,94)(H,74,91)(H,75,97)(H,76,95)(H,77,99)(H,78,96)(H,79,98)(H,87,88)(H,89,90)(H,100,101)(H4,64,65,67)/t31-,38+,39+,40+,41+,42+,43+,44+,45+,46+,51+/m1/s1. The van der Waals surface area contributed by atoms with Crippen molar-refractivity contribution >= 4 is 88.8 Å². The maximum absolute atomic E-state index is 14.1. The molecule has 101 heavy (non-hydrogen) atoms. The number of guanidine groups is 1. The monoisotopic (exact) mass is 1420 g/mol. The number of phenolic OH excluding ortho intramolecular Hbond substituents is 2. The Morgan fingerprint density at radius 3 is 1.42 bits per heavy atom. The number of H-pyrrole nitrogens is 1. The molecule has 0 bridgehead atoms. The number of nitrogens with two attached hydrogens (primary N) is 2. The number of amides is 11. The van der Waals surface area contributed by atoms with Gasteiger partial charge in [0.15, 0.2) is 5.96 Å². The number of nitrogens with zero attached hydrogens (tertiary/aromatic N) is 1. The Balaban J connectivity index is 1.45. The number of aromatic amines is 1. The first-order chi connectivity index (χ1) is 47.8. The number of benzene rings is 3. The zero-order valence-corrected chi connectivity index (χ0v) is 54.3. The zero-order chi connectivity index (χ0) is 74.9. The van der Waals surface area contributed by atoms with E-state index in [1.807, 2.05) is 0 Å². The van der Waals surface area contributed by atoms with Gasteiger partial charge >= 0.3 is 17.9 Å². The number of aromatic nitrogens is 2. The van der Waals surface area contributed by atoms with Gasteiger partial charge < -0.3 is 121 Å². The number of carboxylic acid groups (broad SMARTS) is 3. The number of phenols is 2. The summed E-state index contributed by atoms with van der Waals surface area (Å²) < 4.78 is 0. The molecule has 0 saturated heterocycles. The molecule has 0 radical (unpaired) electrons. The molecular weight excluding hydrogens is 1330 g/mol. The summed E-state index contributed by atoms with van der Waals surface area (Å²) >= 11 is 0. The highest BCUT2D eigenvalue weighted by molar-refractivity contribution is 5.99. The van der Waals surface area contributed by atoms with E-state index < -0.39 is 201 Å². The van der Waals surface area contributed by atoms with Crippen molar-refractivity contribution in [3.8, 4) is 11.5 Å². The second kappa shape index (κ2) is 41.4. The Morgan fingerprint density at radius 2 is 0.931 bits per heavy atom. The van der Waals surface area contributed by atoms with Crippen molar-refractivity contribution in [3.63, 3.8) is 0 Å². The molecule has 0 saturated carbocycles. The third-order valence-corrected chi connectivity index (χ3v) is 14.7. The molecule has 26 N–H and O–H groups in total. The summed E-state index contributed by atoms with van der Waals surface area (Å²) in [7, 11) is 0. The molecule has 39 heteroatoms. The van der Waals surface area contributed by atoms with Gasteiger partial charge in [0.05, 0.1) is 51.2 Å². The van der Waals surface area contributed by atoms with Crippen LogP contribution in [-0.4, -0.2) is 239 Å². The maximum Gasteiger partial charge on any atom is 0.326 e. The third kappa shape index (κ3) is 29.4. The summed E-state index contributed by atoms with van der Waals surface area (Å²) in [5.41, 5.74) is 12.9.